The molecule has 0 heterocycles. The van der Waals surface area contributed by atoms with Crippen LogP contribution in [0.4, 0.5) is 0 Å². The lowest BCUT2D eigenvalue weighted by atomic mass is 10.2. The lowest BCUT2D eigenvalue weighted by Crippen LogP contribution is -2.31. The van der Waals surface area contributed by atoms with E-state index in [1.165, 1.54) is 0 Å². The van der Waals surface area contributed by atoms with E-state index in [1.807, 2.05) is 66.7 Å². The number of aliphatic carboxylic acids is 2. The summed E-state index contributed by atoms with van der Waals surface area (Å²) in [6.45, 7) is 0. The van der Waals surface area contributed by atoms with Crippen LogP contribution in [0.1, 0.15) is 12.0 Å². The molecule has 0 aliphatic heterocycles. The summed E-state index contributed by atoms with van der Waals surface area (Å²) < 4.78 is 34.1. The first-order chi connectivity index (χ1) is 12.7. The first-order valence-corrected chi connectivity index (χ1v) is 9.04. The molecule has 9 heteroatoms. The number of carboxylic acids is 2. The maximum absolute atomic E-state index is 10.2. The van der Waals surface area contributed by atoms with Crippen molar-refractivity contribution < 1.29 is 37.5 Å². The second-order valence-corrected chi connectivity index (χ2v) is 6.68. The Morgan fingerprint density at radius 1 is 0.963 bits per heavy atom. The summed E-state index contributed by atoms with van der Waals surface area (Å²) in [4.78, 5) is 20.0. The quantitative estimate of drug-likeness (QED) is 0.481. The van der Waals surface area contributed by atoms with E-state index in [0.29, 0.717) is 0 Å². The predicted octanol–water partition coefficient (Wildman–Crippen LogP) is 2.54. The Morgan fingerprint density at radius 3 is 1.89 bits per heavy atom. The van der Waals surface area contributed by atoms with Crippen LogP contribution >= 0.6 is 0 Å². The first-order valence-electron chi connectivity index (χ1n) is 7.54. The monoisotopic (exact) mass is 394 g/mol. The fraction of sp³-hybridized carbons (Fsp3) is 0.111. The summed E-state index contributed by atoms with van der Waals surface area (Å²) in [7, 11) is -4.84. The van der Waals surface area contributed by atoms with Crippen LogP contribution in [0.15, 0.2) is 66.9 Å². The molecule has 1 unspecified atom stereocenters. The molecule has 0 spiro atoms. The van der Waals surface area contributed by atoms with E-state index in [2.05, 4.69) is 0 Å². The van der Waals surface area contributed by atoms with E-state index in [0.717, 1.165) is 11.3 Å². The minimum Gasteiger partial charge on any atom is -0.481 e. The third kappa shape index (κ3) is 9.19. The standard InChI is InChI=1S/C14H12O.C4H6O7S/c1-3-7-13(8-4-1)11-12-15-14-9-5-2-6-10-14;5-3(6)1-2(4(7)8)12(9,10)11/h1-12H;2H,1H2,(H,5,6)(H,7,8)(H,9,10,11). The van der Waals surface area contributed by atoms with Crippen molar-refractivity contribution >= 4 is 28.1 Å². The fourth-order valence-electron chi connectivity index (χ4n) is 1.73. The minimum absolute atomic E-state index is 0.852. The Balaban J connectivity index is 0.000000279. The van der Waals surface area contributed by atoms with Gasteiger partial charge in [0.15, 0.2) is 5.25 Å². The largest absolute Gasteiger partial charge is 0.481 e. The maximum Gasteiger partial charge on any atom is 0.325 e. The molecule has 0 bridgehead atoms. The third-order valence-electron chi connectivity index (χ3n) is 3.00. The summed E-state index contributed by atoms with van der Waals surface area (Å²) in [5, 5.41) is 13.9. The van der Waals surface area contributed by atoms with Gasteiger partial charge in [-0.2, -0.15) is 8.42 Å². The lowest BCUT2D eigenvalue weighted by Gasteiger charge is -2.04. The van der Waals surface area contributed by atoms with Crippen molar-refractivity contribution in [3.05, 3.63) is 72.5 Å². The zero-order valence-electron chi connectivity index (χ0n) is 14.0. The Labute approximate surface area is 156 Å². The average molecular weight is 394 g/mol. The normalized spacial score (nSPS) is 11.9. The van der Waals surface area contributed by atoms with E-state index < -0.39 is 33.7 Å². The Bertz CT molecular complexity index is 861. The van der Waals surface area contributed by atoms with Gasteiger partial charge in [-0.05, 0) is 23.8 Å². The van der Waals surface area contributed by atoms with Gasteiger partial charge in [0.05, 0.1) is 12.7 Å². The zero-order valence-corrected chi connectivity index (χ0v) is 14.8. The van der Waals surface area contributed by atoms with E-state index in [9.17, 15) is 18.0 Å². The van der Waals surface area contributed by atoms with Crippen molar-refractivity contribution in [3.63, 3.8) is 0 Å². The molecule has 1 atom stereocenters. The molecular weight excluding hydrogens is 376 g/mol. The topological polar surface area (TPSA) is 138 Å². The third-order valence-corrected chi connectivity index (χ3v) is 4.09. The number of para-hydroxylation sites is 1. The van der Waals surface area contributed by atoms with Gasteiger partial charge in [0, 0.05) is 0 Å². The number of hydrogen-bond donors (Lipinski definition) is 3. The summed E-state index contributed by atoms with van der Waals surface area (Å²) in [5.74, 6) is -2.65. The number of carboxylic acid groups (broad SMARTS) is 2. The molecule has 0 saturated carbocycles. The molecule has 0 aliphatic carbocycles. The van der Waals surface area contributed by atoms with Gasteiger partial charge in [-0.25, -0.2) is 0 Å². The van der Waals surface area contributed by atoms with Crippen LogP contribution in [-0.2, 0) is 19.7 Å². The van der Waals surface area contributed by atoms with Crippen LogP contribution in [0.5, 0.6) is 5.75 Å². The fourth-order valence-corrected chi connectivity index (χ4v) is 2.34. The van der Waals surface area contributed by atoms with Gasteiger partial charge >= 0.3 is 11.9 Å². The molecule has 144 valence electrons. The molecule has 2 aromatic carbocycles. The molecule has 2 rings (SSSR count). The maximum atomic E-state index is 10.2. The Morgan fingerprint density at radius 2 is 1.48 bits per heavy atom. The second kappa shape index (κ2) is 10.7. The van der Waals surface area contributed by atoms with Gasteiger partial charge < -0.3 is 14.9 Å². The van der Waals surface area contributed by atoms with Gasteiger partial charge in [-0.15, -0.1) is 0 Å². The van der Waals surface area contributed by atoms with Crippen LogP contribution < -0.4 is 4.74 Å². The van der Waals surface area contributed by atoms with Crippen molar-refractivity contribution in [1.29, 1.82) is 0 Å². The van der Waals surface area contributed by atoms with Gasteiger partial charge in [-0.3, -0.25) is 14.1 Å². The molecule has 0 amide bonds. The highest BCUT2D eigenvalue weighted by Crippen LogP contribution is 2.09. The number of ether oxygens (including phenoxy) is 1. The van der Waals surface area contributed by atoms with Gasteiger partial charge in [0.25, 0.3) is 10.1 Å². The van der Waals surface area contributed by atoms with Crippen molar-refractivity contribution in [2.75, 3.05) is 0 Å². The highest BCUT2D eigenvalue weighted by Gasteiger charge is 2.33. The van der Waals surface area contributed by atoms with E-state index >= 15 is 0 Å². The molecule has 8 nitrogen and oxygen atoms in total. The Kier molecular flexibility index (Phi) is 8.70. The van der Waals surface area contributed by atoms with Crippen molar-refractivity contribution in [2.24, 2.45) is 0 Å². The highest BCUT2D eigenvalue weighted by atomic mass is 32.2. The average Bonchev–Trinajstić information content (AvgIpc) is 2.61. The van der Waals surface area contributed by atoms with Crippen molar-refractivity contribution in [2.45, 2.75) is 11.7 Å². The highest BCUT2D eigenvalue weighted by molar-refractivity contribution is 7.87. The van der Waals surface area contributed by atoms with Crippen LogP contribution in [0.3, 0.4) is 0 Å². The lowest BCUT2D eigenvalue weighted by molar-refractivity contribution is -0.143. The van der Waals surface area contributed by atoms with Gasteiger partial charge in [0.1, 0.15) is 5.75 Å². The summed E-state index contributed by atoms with van der Waals surface area (Å²) >= 11 is 0. The molecule has 0 saturated heterocycles. The smallest absolute Gasteiger partial charge is 0.325 e. The second-order valence-electron chi connectivity index (χ2n) is 5.08. The van der Waals surface area contributed by atoms with Gasteiger partial charge in [-0.1, -0.05) is 48.5 Å². The molecule has 0 aliphatic rings. The molecule has 27 heavy (non-hydrogen) atoms. The van der Waals surface area contributed by atoms with Crippen LogP contribution in [0.2, 0.25) is 0 Å². The zero-order chi connectivity index (χ0) is 20.3. The van der Waals surface area contributed by atoms with E-state index in [-0.39, 0.29) is 0 Å². The van der Waals surface area contributed by atoms with Crippen LogP contribution in [0, 0.1) is 0 Å². The number of carbonyl (C=O) groups is 2. The molecular formula is C18H18O8S. The van der Waals surface area contributed by atoms with E-state index in [4.69, 9.17) is 19.5 Å². The molecule has 0 aromatic heterocycles. The number of rotatable bonds is 7. The molecule has 2 aromatic rings. The summed E-state index contributed by atoms with van der Waals surface area (Å²) in [5.41, 5.74) is 1.13. The van der Waals surface area contributed by atoms with Crippen molar-refractivity contribution in [3.8, 4) is 5.75 Å². The van der Waals surface area contributed by atoms with Crippen LogP contribution in [-0.4, -0.2) is 40.4 Å². The molecule has 0 fully saturated rings. The number of benzene rings is 2. The van der Waals surface area contributed by atoms with Crippen LogP contribution in [0.25, 0.3) is 6.08 Å². The van der Waals surface area contributed by atoms with Crippen molar-refractivity contribution in [1.82, 2.24) is 0 Å². The predicted molar refractivity (Wildman–Crippen MR) is 97.8 cm³/mol. The molecule has 0 radical (unpaired) electrons. The van der Waals surface area contributed by atoms with Gasteiger partial charge in [0.2, 0.25) is 0 Å². The SMILES string of the molecule is C(=Cc1ccccc1)Oc1ccccc1.O=C(O)CC(C(=O)O)S(=O)(=O)O. The summed E-state index contributed by atoms with van der Waals surface area (Å²) in [6.07, 6.45) is 2.48. The first kappa shape index (κ1) is 21.9. The number of hydrogen-bond acceptors (Lipinski definition) is 5. The summed E-state index contributed by atoms with van der Waals surface area (Å²) in [6, 6.07) is 19.8. The van der Waals surface area contributed by atoms with E-state index in [1.54, 1.807) is 6.26 Å². The minimum atomic E-state index is -4.84. The molecule has 3 N–H and O–H groups in total. The Hall–Kier alpha value is -3.17.